The lowest BCUT2D eigenvalue weighted by Gasteiger charge is -2.10. The van der Waals surface area contributed by atoms with Gasteiger partial charge in [-0.1, -0.05) is 12.1 Å². The van der Waals surface area contributed by atoms with Crippen molar-refractivity contribution in [1.82, 2.24) is 0 Å². The molecule has 6 nitrogen and oxygen atoms in total. The van der Waals surface area contributed by atoms with Crippen LogP contribution in [-0.2, 0) is 0 Å². The molecule has 6 heteroatoms. The zero-order chi connectivity index (χ0) is 22.0. The van der Waals surface area contributed by atoms with Crippen LogP contribution in [0.4, 0.5) is 0 Å². The molecule has 0 unspecified atom stereocenters. The number of fused-ring (bicyclic) bond motifs is 1. The highest BCUT2D eigenvalue weighted by Gasteiger charge is 2.13. The smallest absolute Gasteiger partial charge is 0.344 e. The van der Waals surface area contributed by atoms with E-state index in [4.69, 9.17) is 18.3 Å². The van der Waals surface area contributed by atoms with Gasteiger partial charge in [0.05, 0.1) is 26.0 Å². The SMILES string of the molecule is COc1ccc(-c2cc3cc(/C=C/C(=O)c4ccco4)cc(C)c3oc2=O)cc1OC. The summed E-state index contributed by atoms with van der Waals surface area (Å²) in [5.74, 6) is 1.13. The number of hydrogen-bond donors (Lipinski definition) is 0. The van der Waals surface area contributed by atoms with Gasteiger partial charge in [0.1, 0.15) is 5.58 Å². The summed E-state index contributed by atoms with van der Waals surface area (Å²) in [6.07, 6.45) is 4.62. The maximum Gasteiger partial charge on any atom is 0.344 e. The summed E-state index contributed by atoms with van der Waals surface area (Å²) >= 11 is 0. The van der Waals surface area contributed by atoms with Crippen LogP contribution in [0.15, 0.2) is 74.5 Å². The molecule has 0 amide bonds. The van der Waals surface area contributed by atoms with Crippen molar-refractivity contribution in [3.8, 4) is 22.6 Å². The van der Waals surface area contributed by atoms with Crippen molar-refractivity contribution in [2.75, 3.05) is 14.2 Å². The van der Waals surface area contributed by atoms with Crippen LogP contribution >= 0.6 is 0 Å². The van der Waals surface area contributed by atoms with Crippen molar-refractivity contribution in [1.29, 1.82) is 0 Å². The van der Waals surface area contributed by atoms with Crippen molar-refractivity contribution in [2.24, 2.45) is 0 Å². The van der Waals surface area contributed by atoms with E-state index in [1.54, 1.807) is 49.6 Å². The summed E-state index contributed by atoms with van der Waals surface area (Å²) in [5, 5.41) is 0.745. The fourth-order valence-electron chi connectivity index (χ4n) is 3.41. The van der Waals surface area contributed by atoms with Crippen LogP contribution in [0.2, 0.25) is 0 Å². The summed E-state index contributed by atoms with van der Waals surface area (Å²) in [5.41, 5.74) is 2.71. The van der Waals surface area contributed by atoms with Crippen LogP contribution in [0.3, 0.4) is 0 Å². The second-order valence-electron chi connectivity index (χ2n) is 6.95. The van der Waals surface area contributed by atoms with Gasteiger partial charge in [0.25, 0.3) is 0 Å². The van der Waals surface area contributed by atoms with Crippen LogP contribution in [0.25, 0.3) is 28.2 Å². The molecule has 0 saturated heterocycles. The van der Waals surface area contributed by atoms with Gasteiger partial charge in [-0.05, 0) is 72.2 Å². The van der Waals surface area contributed by atoms with E-state index >= 15 is 0 Å². The second-order valence-corrected chi connectivity index (χ2v) is 6.95. The molecular formula is C25H20O6. The Morgan fingerprint density at radius 2 is 1.81 bits per heavy atom. The molecule has 4 rings (SSSR count). The van der Waals surface area contributed by atoms with Crippen LogP contribution in [0.1, 0.15) is 21.7 Å². The van der Waals surface area contributed by atoms with Gasteiger partial charge in [0, 0.05) is 5.39 Å². The van der Waals surface area contributed by atoms with Crippen LogP contribution < -0.4 is 15.1 Å². The number of hydrogen-bond acceptors (Lipinski definition) is 6. The molecule has 0 bridgehead atoms. The first-order valence-electron chi connectivity index (χ1n) is 9.57. The number of aryl methyl sites for hydroxylation is 1. The molecule has 4 aromatic rings. The number of furan rings is 1. The van der Waals surface area contributed by atoms with Gasteiger partial charge < -0.3 is 18.3 Å². The Morgan fingerprint density at radius 1 is 1.00 bits per heavy atom. The van der Waals surface area contributed by atoms with Gasteiger partial charge in [-0.15, -0.1) is 0 Å². The van der Waals surface area contributed by atoms with E-state index in [0.717, 1.165) is 16.5 Å². The van der Waals surface area contributed by atoms with Crippen molar-refractivity contribution in [2.45, 2.75) is 6.92 Å². The van der Waals surface area contributed by atoms with Gasteiger partial charge >= 0.3 is 5.63 Å². The van der Waals surface area contributed by atoms with Crippen molar-refractivity contribution >= 4 is 22.8 Å². The highest BCUT2D eigenvalue weighted by atomic mass is 16.5. The normalized spacial score (nSPS) is 11.2. The number of ether oxygens (including phenoxy) is 2. The molecule has 2 aromatic carbocycles. The fourth-order valence-corrected chi connectivity index (χ4v) is 3.41. The van der Waals surface area contributed by atoms with Gasteiger partial charge in [-0.25, -0.2) is 4.79 Å². The Balaban J connectivity index is 1.77. The summed E-state index contributed by atoms with van der Waals surface area (Å²) < 4.78 is 21.3. The largest absolute Gasteiger partial charge is 0.493 e. The summed E-state index contributed by atoms with van der Waals surface area (Å²) in [6.45, 7) is 1.85. The molecule has 156 valence electrons. The molecule has 2 heterocycles. The van der Waals surface area contributed by atoms with E-state index in [1.807, 2.05) is 19.1 Å². The highest BCUT2D eigenvalue weighted by molar-refractivity contribution is 6.05. The quantitative estimate of drug-likeness (QED) is 0.242. The van der Waals surface area contributed by atoms with Gasteiger partial charge in [-0.3, -0.25) is 4.79 Å². The van der Waals surface area contributed by atoms with Crippen molar-refractivity contribution in [3.05, 3.63) is 88.2 Å². The first-order chi connectivity index (χ1) is 15.0. The minimum Gasteiger partial charge on any atom is -0.493 e. The summed E-state index contributed by atoms with van der Waals surface area (Å²) in [7, 11) is 3.09. The number of methoxy groups -OCH3 is 2. The van der Waals surface area contributed by atoms with Crippen LogP contribution in [0.5, 0.6) is 11.5 Å². The number of rotatable bonds is 6. The van der Waals surface area contributed by atoms with E-state index in [-0.39, 0.29) is 11.5 Å². The lowest BCUT2D eigenvalue weighted by atomic mass is 10.0. The molecule has 0 atom stereocenters. The first-order valence-corrected chi connectivity index (χ1v) is 9.57. The third kappa shape index (κ3) is 4.00. The van der Waals surface area contributed by atoms with Crippen molar-refractivity contribution < 1.29 is 23.1 Å². The summed E-state index contributed by atoms with van der Waals surface area (Å²) in [6, 6.07) is 14.0. The molecular weight excluding hydrogens is 396 g/mol. The zero-order valence-electron chi connectivity index (χ0n) is 17.3. The molecule has 0 radical (unpaired) electrons. The second kappa shape index (κ2) is 8.36. The zero-order valence-corrected chi connectivity index (χ0v) is 17.3. The maximum absolute atomic E-state index is 12.7. The Hall–Kier alpha value is -4.06. The van der Waals surface area contributed by atoms with E-state index in [9.17, 15) is 9.59 Å². The third-order valence-corrected chi connectivity index (χ3v) is 4.93. The number of benzene rings is 2. The van der Waals surface area contributed by atoms with Gasteiger partial charge in [0.15, 0.2) is 17.3 Å². The third-order valence-electron chi connectivity index (χ3n) is 4.93. The topological polar surface area (TPSA) is 78.9 Å². The van der Waals surface area contributed by atoms with E-state index < -0.39 is 5.63 Å². The van der Waals surface area contributed by atoms with E-state index in [1.165, 1.54) is 19.4 Å². The molecule has 0 N–H and O–H groups in total. The van der Waals surface area contributed by atoms with Crippen LogP contribution in [0, 0.1) is 6.92 Å². The monoisotopic (exact) mass is 416 g/mol. The van der Waals surface area contributed by atoms with Gasteiger partial charge in [0.2, 0.25) is 5.78 Å². The molecule has 31 heavy (non-hydrogen) atoms. The van der Waals surface area contributed by atoms with Crippen molar-refractivity contribution in [3.63, 3.8) is 0 Å². The average molecular weight is 416 g/mol. The Bertz CT molecular complexity index is 1340. The standard InChI is InChI=1S/C25H20O6/c1-15-11-16(6-8-20(26)21-5-4-10-30-21)12-18-13-19(25(27)31-24(15)18)17-7-9-22(28-2)23(14-17)29-3/h4-14H,1-3H3/b8-6+. The Kier molecular flexibility index (Phi) is 5.45. The lowest BCUT2D eigenvalue weighted by molar-refractivity contribution is 0.102. The predicted molar refractivity (Wildman–Crippen MR) is 118 cm³/mol. The molecule has 0 aliphatic heterocycles. The Morgan fingerprint density at radius 3 is 2.52 bits per heavy atom. The molecule has 0 aliphatic carbocycles. The summed E-state index contributed by atoms with van der Waals surface area (Å²) in [4.78, 5) is 24.8. The molecule has 0 fully saturated rings. The Labute approximate surface area is 178 Å². The van der Waals surface area contributed by atoms with E-state index in [0.29, 0.717) is 28.2 Å². The number of carbonyl (C=O) groups is 1. The minimum atomic E-state index is -0.445. The fraction of sp³-hybridized carbons (Fsp3) is 0.120. The maximum atomic E-state index is 12.7. The first kappa shape index (κ1) is 20.2. The predicted octanol–water partition coefficient (Wildman–Crippen LogP) is 5.27. The number of ketones is 1. The molecule has 0 spiro atoms. The lowest BCUT2D eigenvalue weighted by Crippen LogP contribution is -2.04. The molecule has 2 aromatic heterocycles. The highest BCUT2D eigenvalue weighted by Crippen LogP contribution is 2.32. The number of allylic oxidation sites excluding steroid dienone is 1. The minimum absolute atomic E-state index is 0.228. The number of carbonyl (C=O) groups excluding carboxylic acids is 1. The van der Waals surface area contributed by atoms with Gasteiger partial charge in [-0.2, -0.15) is 0 Å². The average Bonchev–Trinajstić information content (AvgIpc) is 3.32. The van der Waals surface area contributed by atoms with E-state index in [2.05, 4.69) is 0 Å². The molecule has 0 saturated carbocycles. The van der Waals surface area contributed by atoms with Crippen LogP contribution in [-0.4, -0.2) is 20.0 Å². The molecule has 0 aliphatic rings.